The molecule has 0 aliphatic heterocycles. The third-order valence-corrected chi connectivity index (χ3v) is 1.92. The molecule has 3 nitrogen and oxygen atoms in total. The molecular formula is C13H19NO2. The number of rotatable bonds is 3. The number of ether oxygens (including phenoxy) is 1. The smallest absolute Gasteiger partial charge is 0.261 e. The Morgan fingerprint density at radius 1 is 1.25 bits per heavy atom. The van der Waals surface area contributed by atoms with Crippen molar-refractivity contribution >= 4 is 5.91 Å². The maximum atomic E-state index is 11.7. The van der Waals surface area contributed by atoms with E-state index in [1.807, 2.05) is 51.1 Å². The lowest BCUT2D eigenvalue weighted by atomic mass is 10.1. The predicted octanol–water partition coefficient (Wildman–Crippen LogP) is 2.37. The summed E-state index contributed by atoms with van der Waals surface area (Å²) in [6.07, 6.45) is -0.485. The highest BCUT2D eigenvalue weighted by atomic mass is 16.5. The largest absolute Gasteiger partial charge is 0.481 e. The number of benzene rings is 1. The Morgan fingerprint density at radius 3 is 2.31 bits per heavy atom. The summed E-state index contributed by atoms with van der Waals surface area (Å²) in [4.78, 5) is 11.7. The van der Waals surface area contributed by atoms with Crippen LogP contribution in [0.4, 0.5) is 0 Å². The van der Waals surface area contributed by atoms with E-state index in [2.05, 4.69) is 5.32 Å². The zero-order valence-electron chi connectivity index (χ0n) is 10.3. The second-order valence-electron chi connectivity index (χ2n) is 4.81. The molecule has 0 saturated carbocycles. The first kappa shape index (κ1) is 12.6. The van der Waals surface area contributed by atoms with Crippen molar-refractivity contribution in [2.45, 2.75) is 39.3 Å². The first-order chi connectivity index (χ1) is 7.38. The van der Waals surface area contributed by atoms with Crippen LogP contribution in [0.2, 0.25) is 0 Å². The molecule has 0 saturated heterocycles. The minimum atomic E-state index is -0.485. The number of hydrogen-bond donors (Lipinski definition) is 1. The summed E-state index contributed by atoms with van der Waals surface area (Å²) in [7, 11) is 0. The van der Waals surface area contributed by atoms with Crippen LogP contribution in [0.1, 0.15) is 27.7 Å². The predicted molar refractivity (Wildman–Crippen MR) is 64.4 cm³/mol. The molecule has 1 aromatic carbocycles. The maximum Gasteiger partial charge on any atom is 0.261 e. The molecule has 1 unspecified atom stereocenters. The summed E-state index contributed by atoms with van der Waals surface area (Å²) in [5.74, 6) is 0.607. The van der Waals surface area contributed by atoms with Crippen molar-refractivity contribution in [1.29, 1.82) is 0 Å². The van der Waals surface area contributed by atoms with Crippen LogP contribution in [0.15, 0.2) is 30.3 Å². The summed E-state index contributed by atoms with van der Waals surface area (Å²) < 4.78 is 5.51. The van der Waals surface area contributed by atoms with Gasteiger partial charge in [-0.15, -0.1) is 0 Å². The van der Waals surface area contributed by atoms with Gasteiger partial charge in [-0.25, -0.2) is 0 Å². The number of hydrogen-bond acceptors (Lipinski definition) is 2. The van der Waals surface area contributed by atoms with Crippen LogP contribution in [-0.2, 0) is 4.79 Å². The fourth-order valence-electron chi connectivity index (χ4n) is 1.23. The molecule has 0 spiro atoms. The van der Waals surface area contributed by atoms with Crippen LogP contribution in [0.3, 0.4) is 0 Å². The van der Waals surface area contributed by atoms with Gasteiger partial charge in [0.15, 0.2) is 6.10 Å². The molecule has 16 heavy (non-hydrogen) atoms. The average Bonchev–Trinajstić information content (AvgIpc) is 2.16. The van der Waals surface area contributed by atoms with E-state index >= 15 is 0 Å². The molecule has 1 N–H and O–H groups in total. The van der Waals surface area contributed by atoms with Crippen LogP contribution in [0.25, 0.3) is 0 Å². The fourth-order valence-corrected chi connectivity index (χ4v) is 1.23. The lowest BCUT2D eigenvalue weighted by Gasteiger charge is -2.23. The topological polar surface area (TPSA) is 38.3 Å². The molecular weight excluding hydrogens is 202 g/mol. The first-order valence-corrected chi connectivity index (χ1v) is 5.42. The quantitative estimate of drug-likeness (QED) is 0.851. The Hall–Kier alpha value is -1.51. The van der Waals surface area contributed by atoms with Crippen molar-refractivity contribution < 1.29 is 9.53 Å². The van der Waals surface area contributed by atoms with Gasteiger partial charge in [0.25, 0.3) is 5.91 Å². The van der Waals surface area contributed by atoms with Gasteiger partial charge in [0, 0.05) is 5.54 Å². The summed E-state index contributed by atoms with van der Waals surface area (Å²) in [6.45, 7) is 7.58. The molecule has 0 aliphatic rings. The van der Waals surface area contributed by atoms with Crippen molar-refractivity contribution in [3.63, 3.8) is 0 Å². The molecule has 1 atom stereocenters. The van der Waals surface area contributed by atoms with Crippen molar-refractivity contribution in [1.82, 2.24) is 5.32 Å². The summed E-state index contributed by atoms with van der Waals surface area (Å²) in [5, 5.41) is 2.88. The second kappa shape index (κ2) is 5.01. The van der Waals surface area contributed by atoms with E-state index < -0.39 is 6.10 Å². The minimum Gasteiger partial charge on any atom is -0.481 e. The zero-order valence-corrected chi connectivity index (χ0v) is 10.3. The summed E-state index contributed by atoms with van der Waals surface area (Å²) in [6, 6.07) is 9.34. The van der Waals surface area contributed by atoms with Gasteiger partial charge in [-0.2, -0.15) is 0 Å². The fraction of sp³-hybridized carbons (Fsp3) is 0.462. The van der Waals surface area contributed by atoms with Crippen LogP contribution in [-0.4, -0.2) is 17.6 Å². The van der Waals surface area contributed by atoms with Gasteiger partial charge in [-0.3, -0.25) is 4.79 Å². The van der Waals surface area contributed by atoms with Gasteiger partial charge < -0.3 is 10.1 Å². The lowest BCUT2D eigenvalue weighted by Crippen LogP contribution is -2.46. The maximum absolute atomic E-state index is 11.7. The molecule has 3 heteroatoms. The van der Waals surface area contributed by atoms with E-state index in [1.54, 1.807) is 6.92 Å². The standard InChI is InChI=1S/C13H19NO2/c1-10(12(15)14-13(2,3)4)16-11-8-6-5-7-9-11/h5-10H,1-4H3,(H,14,15). The molecule has 1 rings (SSSR count). The van der Waals surface area contributed by atoms with Gasteiger partial charge >= 0.3 is 0 Å². The Balaban J connectivity index is 2.53. The minimum absolute atomic E-state index is 0.101. The monoisotopic (exact) mass is 221 g/mol. The Bertz CT molecular complexity index is 341. The third kappa shape index (κ3) is 4.34. The van der Waals surface area contributed by atoms with E-state index in [1.165, 1.54) is 0 Å². The average molecular weight is 221 g/mol. The van der Waals surface area contributed by atoms with Crippen LogP contribution >= 0.6 is 0 Å². The van der Waals surface area contributed by atoms with E-state index in [-0.39, 0.29) is 11.4 Å². The third-order valence-electron chi connectivity index (χ3n) is 1.92. The van der Waals surface area contributed by atoms with Gasteiger partial charge in [-0.05, 0) is 39.8 Å². The SMILES string of the molecule is CC(Oc1ccccc1)C(=O)NC(C)(C)C. The van der Waals surface area contributed by atoms with E-state index in [0.29, 0.717) is 5.75 Å². The molecule has 0 bridgehead atoms. The van der Waals surface area contributed by atoms with Crippen LogP contribution in [0, 0.1) is 0 Å². The lowest BCUT2D eigenvalue weighted by molar-refractivity contribution is -0.128. The van der Waals surface area contributed by atoms with Crippen molar-refractivity contribution in [2.24, 2.45) is 0 Å². The number of nitrogens with one attached hydrogen (secondary N) is 1. The zero-order chi connectivity index (χ0) is 12.2. The molecule has 1 aromatic rings. The molecule has 88 valence electrons. The first-order valence-electron chi connectivity index (χ1n) is 5.42. The highest BCUT2D eigenvalue weighted by Crippen LogP contribution is 2.11. The van der Waals surface area contributed by atoms with E-state index in [9.17, 15) is 4.79 Å². The molecule has 0 aliphatic carbocycles. The Kier molecular flexibility index (Phi) is 3.93. The van der Waals surface area contributed by atoms with Crippen molar-refractivity contribution in [3.05, 3.63) is 30.3 Å². The highest BCUT2D eigenvalue weighted by Gasteiger charge is 2.20. The van der Waals surface area contributed by atoms with Gasteiger partial charge in [0.05, 0.1) is 0 Å². The Labute approximate surface area is 96.8 Å². The van der Waals surface area contributed by atoms with Gasteiger partial charge in [0.2, 0.25) is 0 Å². The molecule has 0 radical (unpaired) electrons. The number of carbonyl (C=O) groups is 1. The summed E-state index contributed by atoms with van der Waals surface area (Å²) in [5.41, 5.74) is -0.231. The van der Waals surface area contributed by atoms with Crippen LogP contribution in [0.5, 0.6) is 5.75 Å². The highest BCUT2D eigenvalue weighted by molar-refractivity contribution is 5.81. The Morgan fingerprint density at radius 2 is 1.81 bits per heavy atom. The van der Waals surface area contributed by atoms with E-state index in [0.717, 1.165) is 0 Å². The molecule has 0 aromatic heterocycles. The summed E-state index contributed by atoms with van der Waals surface area (Å²) >= 11 is 0. The molecule has 0 heterocycles. The molecule has 1 amide bonds. The van der Waals surface area contributed by atoms with Crippen molar-refractivity contribution in [3.8, 4) is 5.75 Å². The van der Waals surface area contributed by atoms with Gasteiger partial charge in [0.1, 0.15) is 5.75 Å². The van der Waals surface area contributed by atoms with Gasteiger partial charge in [-0.1, -0.05) is 18.2 Å². The second-order valence-corrected chi connectivity index (χ2v) is 4.81. The normalized spacial score (nSPS) is 13.0. The number of para-hydroxylation sites is 1. The van der Waals surface area contributed by atoms with E-state index in [4.69, 9.17) is 4.74 Å². The van der Waals surface area contributed by atoms with Crippen molar-refractivity contribution in [2.75, 3.05) is 0 Å². The van der Waals surface area contributed by atoms with Crippen LogP contribution < -0.4 is 10.1 Å². The molecule has 0 fully saturated rings. The number of carbonyl (C=O) groups excluding carboxylic acids is 1. The number of amides is 1.